The summed E-state index contributed by atoms with van der Waals surface area (Å²) in [7, 11) is 0. The first-order valence-electron chi connectivity index (χ1n) is 5.15. The molecule has 1 unspecified atom stereocenters. The Morgan fingerprint density at radius 3 is 2.50 bits per heavy atom. The maximum Gasteiger partial charge on any atom is 0.337 e. The van der Waals surface area contributed by atoms with Crippen LogP contribution in [0.25, 0.3) is 0 Å². The molecule has 4 nitrogen and oxygen atoms in total. The lowest BCUT2D eigenvalue weighted by Crippen LogP contribution is -2.12. The molecule has 0 aliphatic rings. The van der Waals surface area contributed by atoms with E-state index in [1.807, 2.05) is 0 Å². The standard InChI is InChI=1S/C12H12BrClO4/c13-5-8-2-1-7(11(16)12(17)18)3-9(8)4-10(15)6-14/h1-3,11,16H,4-6H2,(H,17,18). The summed E-state index contributed by atoms with van der Waals surface area (Å²) in [6, 6.07) is 4.75. The normalized spacial score (nSPS) is 12.2. The van der Waals surface area contributed by atoms with Crippen molar-refractivity contribution in [1.82, 2.24) is 0 Å². The molecular formula is C12H12BrClO4. The first kappa shape index (κ1) is 15.1. The van der Waals surface area contributed by atoms with Crippen molar-refractivity contribution in [3.8, 4) is 0 Å². The molecule has 0 heterocycles. The van der Waals surface area contributed by atoms with E-state index >= 15 is 0 Å². The van der Waals surface area contributed by atoms with Crippen molar-refractivity contribution in [1.29, 1.82) is 0 Å². The molecule has 2 N–H and O–H groups in total. The third-order valence-electron chi connectivity index (χ3n) is 2.46. The SMILES string of the molecule is O=C(CCl)Cc1cc(C(O)C(=O)O)ccc1CBr. The molecule has 0 saturated carbocycles. The van der Waals surface area contributed by atoms with Crippen LogP contribution in [0.3, 0.4) is 0 Å². The van der Waals surface area contributed by atoms with Crippen LogP contribution in [0.4, 0.5) is 0 Å². The number of aliphatic hydroxyl groups excluding tert-OH is 1. The van der Waals surface area contributed by atoms with Gasteiger partial charge in [-0.3, -0.25) is 4.79 Å². The maximum absolute atomic E-state index is 11.3. The Morgan fingerprint density at radius 2 is 2.00 bits per heavy atom. The fourth-order valence-electron chi connectivity index (χ4n) is 1.51. The van der Waals surface area contributed by atoms with E-state index in [0.29, 0.717) is 10.9 Å². The molecule has 0 aromatic heterocycles. The van der Waals surface area contributed by atoms with Crippen LogP contribution < -0.4 is 0 Å². The number of rotatable bonds is 6. The summed E-state index contributed by atoms with van der Waals surface area (Å²) in [5.74, 6) is -1.56. The summed E-state index contributed by atoms with van der Waals surface area (Å²) in [6.45, 7) is 0. The summed E-state index contributed by atoms with van der Waals surface area (Å²) in [6.07, 6.45) is -1.45. The van der Waals surface area contributed by atoms with Crippen LogP contribution in [-0.2, 0) is 21.3 Å². The molecule has 6 heteroatoms. The van der Waals surface area contributed by atoms with Gasteiger partial charge in [0.2, 0.25) is 0 Å². The Kier molecular flexibility index (Phi) is 5.78. The lowest BCUT2D eigenvalue weighted by Gasteiger charge is -2.11. The van der Waals surface area contributed by atoms with E-state index in [0.717, 1.165) is 5.56 Å². The first-order valence-corrected chi connectivity index (χ1v) is 6.81. The summed E-state index contributed by atoms with van der Waals surface area (Å²) >= 11 is 8.73. The highest BCUT2D eigenvalue weighted by molar-refractivity contribution is 9.08. The molecule has 1 aromatic carbocycles. The second-order valence-electron chi connectivity index (χ2n) is 3.75. The fraction of sp³-hybridized carbons (Fsp3) is 0.333. The highest BCUT2D eigenvalue weighted by Crippen LogP contribution is 2.21. The molecule has 1 atom stereocenters. The lowest BCUT2D eigenvalue weighted by atomic mass is 9.98. The van der Waals surface area contributed by atoms with E-state index < -0.39 is 12.1 Å². The van der Waals surface area contributed by atoms with Gasteiger partial charge >= 0.3 is 5.97 Å². The van der Waals surface area contributed by atoms with Gasteiger partial charge in [-0.15, -0.1) is 11.6 Å². The average molecular weight is 336 g/mol. The number of aliphatic hydroxyl groups is 1. The second-order valence-corrected chi connectivity index (χ2v) is 4.58. The molecule has 18 heavy (non-hydrogen) atoms. The Bertz CT molecular complexity index is 461. The van der Waals surface area contributed by atoms with E-state index in [1.54, 1.807) is 6.07 Å². The van der Waals surface area contributed by atoms with Crippen LogP contribution in [0.5, 0.6) is 0 Å². The summed E-state index contributed by atoms with van der Waals surface area (Å²) < 4.78 is 0. The predicted molar refractivity (Wildman–Crippen MR) is 71.1 cm³/mol. The van der Waals surface area contributed by atoms with Crippen molar-refractivity contribution < 1.29 is 19.8 Å². The first-order chi connectivity index (χ1) is 8.49. The number of ketones is 1. The number of carboxylic acid groups (broad SMARTS) is 1. The smallest absolute Gasteiger partial charge is 0.337 e. The van der Waals surface area contributed by atoms with E-state index in [9.17, 15) is 14.7 Å². The zero-order valence-corrected chi connectivity index (χ0v) is 11.7. The minimum absolute atomic E-state index is 0.0898. The number of benzene rings is 1. The average Bonchev–Trinajstić information content (AvgIpc) is 2.37. The number of carbonyl (C=O) groups is 2. The second kappa shape index (κ2) is 6.87. The highest BCUT2D eigenvalue weighted by Gasteiger charge is 2.17. The third kappa shape index (κ3) is 3.80. The van der Waals surface area contributed by atoms with Crippen LogP contribution in [0.15, 0.2) is 18.2 Å². The minimum Gasteiger partial charge on any atom is -0.479 e. The van der Waals surface area contributed by atoms with Crippen LogP contribution in [0.2, 0.25) is 0 Å². The number of carbonyl (C=O) groups excluding carboxylic acids is 1. The van der Waals surface area contributed by atoms with Crippen LogP contribution >= 0.6 is 27.5 Å². The summed E-state index contributed by atoms with van der Waals surface area (Å²) in [4.78, 5) is 22.0. The maximum atomic E-state index is 11.3. The number of carboxylic acids is 1. The Labute approximate surface area is 118 Å². The molecular weight excluding hydrogens is 323 g/mol. The van der Waals surface area contributed by atoms with Crippen LogP contribution in [0.1, 0.15) is 22.8 Å². The third-order valence-corrected chi connectivity index (χ3v) is 3.36. The molecule has 0 aliphatic heterocycles. The zero-order chi connectivity index (χ0) is 13.7. The molecule has 0 bridgehead atoms. The van der Waals surface area contributed by atoms with Crippen LogP contribution in [0, 0.1) is 0 Å². The van der Waals surface area contributed by atoms with E-state index in [4.69, 9.17) is 16.7 Å². The number of aliphatic carboxylic acids is 1. The van der Waals surface area contributed by atoms with Gasteiger partial charge in [0.25, 0.3) is 0 Å². The molecule has 0 fully saturated rings. The van der Waals surface area contributed by atoms with Crippen molar-refractivity contribution in [2.24, 2.45) is 0 Å². The minimum atomic E-state index is -1.58. The lowest BCUT2D eigenvalue weighted by molar-refractivity contribution is -0.146. The summed E-state index contributed by atoms with van der Waals surface area (Å²) in [5, 5.41) is 18.7. The van der Waals surface area contributed by atoms with Crippen LogP contribution in [-0.4, -0.2) is 27.8 Å². The van der Waals surface area contributed by atoms with Gasteiger partial charge in [0.15, 0.2) is 11.9 Å². The van der Waals surface area contributed by atoms with Gasteiger partial charge in [-0.25, -0.2) is 4.79 Å². The highest BCUT2D eigenvalue weighted by atomic mass is 79.9. The molecule has 0 radical (unpaired) electrons. The summed E-state index contributed by atoms with van der Waals surface area (Å²) in [5.41, 5.74) is 1.80. The van der Waals surface area contributed by atoms with E-state index in [2.05, 4.69) is 15.9 Å². The van der Waals surface area contributed by atoms with Crippen molar-refractivity contribution in [2.45, 2.75) is 17.9 Å². The van der Waals surface area contributed by atoms with Gasteiger partial charge in [0, 0.05) is 11.8 Å². The van der Waals surface area contributed by atoms with Gasteiger partial charge in [0.1, 0.15) is 0 Å². The number of Topliss-reactive ketones (excluding diaryl/α,β-unsaturated/α-hetero) is 1. The van der Waals surface area contributed by atoms with Gasteiger partial charge in [-0.2, -0.15) is 0 Å². The Morgan fingerprint density at radius 1 is 1.33 bits per heavy atom. The zero-order valence-electron chi connectivity index (χ0n) is 9.40. The van der Waals surface area contributed by atoms with Crippen molar-refractivity contribution in [2.75, 3.05) is 5.88 Å². The van der Waals surface area contributed by atoms with E-state index in [1.165, 1.54) is 12.1 Å². The van der Waals surface area contributed by atoms with Crippen molar-refractivity contribution in [3.63, 3.8) is 0 Å². The Balaban J connectivity index is 3.09. The van der Waals surface area contributed by atoms with Gasteiger partial charge < -0.3 is 10.2 Å². The van der Waals surface area contributed by atoms with Crippen molar-refractivity contribution in [3.05, 3.63) is 34.9 Å². The number of halogens is 2. The largest absolute Gasteiger partial charge is 0.479 e. The molecule has 1 aromatic rings. The quantitative estimate of drug-likeness (QED) is 0.780. The molecule has 1 rings (SSSR count). The molecule has 98 valence electrons. The molecule has 0 saturated heterocycles. The van der Waals surface area contributed by atoms with Gasteiger partial charge in [0.05, 0.1) is 5.88 Å². The molecule has 0 spiro atoms. The van der Waals surface area contributed by atoms with Gasteiger partial charge in [-0.05, 0) is 16.7 Å². The fourth-order valence-corrected chi connectivity index (χ4v) is 2.15. The number of hydrogen-bond donors (Lipinski definition) is 2. The van der Waals surface area contributed by atoms with E-state index in [-0.39, 0.29) is 23.6 Å². The predicted octanol–water partition coefficient (Wildman–Crippen LogP) is 2.05. The topological polar surface area (TPSA) is 74.6 Å². The van der Waals surface area contributed by atoms with Gasteiger partial charge in [-0.1, -0.05) is 34.1 Å². The molecule has 0 aliphatic carbocycles. The van der Waals surface area contributed by atoms with Crippen molar-refractivity contribution >= 4 is 39.3 Å². The number of alkyl halides is 2. The molecule has 0 amide bonds. The monoisotopic (exact) mass is 334 g/mol. The number of hydrogen-bond acceptors (Lipinski definition) is 3. The Hall–Kier alpha value is -0.910.